The zero-order valence-corrected chi connectivity index (χ0v) is 10.4. The summed E-state index contributed by atoms with van der Waals surface area (Å²) in [6.07, 6.45) is 7.10. The number of nitrogens with zero attached hydrogens (tertiary/aromatic N) is 2. The van der Waals surface area contributed by atoms with Crippen LogP contribution in [0.5, 0.6) is 0 Å². The lowest BCUT2D eigenvalue weighted by atomic mass is 10.0. The van der Waals surface area contributed by atoms with Gasteiger partial charge in [0.25, 0.3) is 0 Å². The van der Waals surface area contributed by atoms with Gasteiger partial charge in [0, 0.05) is 18.8 Å². The summed E-state index contributed by atoms with van der Waals surface area (Å²) < 4.78 is 0. The van der Waals surface area contributed by atoms with E-state index in [-0.39, 0.29) is 0 Å². The quantitative estimate of drug-likeness (QED) is 0.755. The minimum Gasteiger partial charge on any atom is -0.354 e. The summed E-state index contributed by atoms with van der Waals surface area (Å²) in [6, 6.07) is 6.90. The van der Waals surface area contributed by atoms with Gasteiger partial charge in [0.2, 0.25) is 0 Å². The summed E-state index contributed by atoms with van der Waals surface area (Å²) in [5, 5.41) is 0. The number of pyridine rings is 1. The highest BCUT2D eigenvalue weighted by atomic mass is 15.2. The minimum atomic E-state index is 0.680. The third-order valence-corrected chi connectivity index (χ3v) is 3.71. The molecule has 2 heteroatoms. The number of anilines is 1. The third-order valence-electron chi connectivity index (χ3n) is 3.71. The molecule has 0 saturated carbocycles. The Morgan fingerprint density at radius 1 is 1.31 bits per heavy atom. The number of aromatic nitrogens is 1. The lowest BCUT2D eigenvalue weighted by Gasteiger charge is -2.30. The maximum Gasteiger partial charge on any atom is 0.128 e. The Balaban J connectivity index is 2.16. The average molecular weight is 218 g/mol. The molecule has 1 aromatic heterocycles. The molecular formula is C14H22N2. The van der Waals surface area contributed by atoms with E-state index in [1.54, 1.807) is 0 Å². The van der Waals surface area contributed by atoms with Gasteiger partial charge in [-0.1, -0.05) is 19.9 Å². The topological polar surface area (TPSA) is 16.1 Å². The second kappa shape index (κ2) is 5.33. The molecule has 0 bridgehead atoms. The van der Waals surface area contributed by atoms with Crippen LogP contribution in [0.2, 0.25) is 0 Å². The fourth-order valence-electron chi connectivity index (χ4n) is 2.57. The molecule has 0 N–H and O–H groups in total. The van der Waals surface area contributed by atoms with E-state index in [1.165, 1.54) is 25.7 Å². The van der Waals surface area contributed by atoms with Gasteiger partial charge in [0.05, 0.1) is 0 Å². The van der Waals surface area contributed by atoms with Crippen molar-refractivity contribution in [3.8, 4) is 0 Å². The Labute approximate surface area is 98.7 Å². The first kappa shape index (κ1) is 11.4. The zero-order valence-electron chi connectivity index (χ0n) is 10.4. The van der Waals surface area contributed by atoms with Gasteiger partial charge in [-0.15, -0.1) is 0 Å². The van der Waals surface area contributed by atoms with Crippen LogP contribution in [-0.4, -0.2) is 17.6 Å². The fraction of sp³-hybridized carbons (Fsp3) is 0.643. The molecule has 0 aromatic carbocycles. The Morgan fingerprint density at radius 3 is 2.88 bits per heavy atom. The maximum absolute atomic E-state index is 4.49. The molecule has 2 nitrogen and oxygen atoms in total. The summed E-state index contributed by atoms with van der Waals surface area (Å²) in [5.41, 5.74) is 0. The van der Waals surface area contributed by atoms with Crippen LogP contribution in [0, 0.1) is 5.92 Å². The summed E-state index contributed by atoms with van der Waals surface area (Å²) in [5.74, 6) is 2.02. The van der Waals surface area contributed by atoms with Gasteiger partial charge >= 0.3 is 0 Å². The van der Waals surface area contributed by atoms with E-state index in [1.807, 2.05) is 12.3 Å². The van der Waals surface area contributed by atoms with Crippen molar-refractivity contribution < 1.29 is 0 Å². The van der Waals surface area contributed by atoms with E-state index >= 15 is 0 Å². The average Bonchev–Trinajstić information content (AvgIpc) is 2.52. The van der Waals surface area contributed by atoms with Crippen LogP contribution < -0.4 is 4.90 Å². The third kappa shape index (κ3) is 2.55. The van der Waals surface area contributed by atoms with Crippen molar-refractivity contribution in [1.82, 2.24) is 4.98 Å². The van der Waals surface area contributed by atoms with E-state index in [2.05, 4.69) is 35.9 Å². The molecule has 2 rings (SSSR count). The molecule has 0 spiro atoms. The largest absolute Gasteiger partial charge is 0.354 e. The maximum atomic E-state index is 4.49. The minimum absolute atomic E-state index is 0.680. The Hall–Kier alpha value is -1.05. The lowest BCUT2D eigenvalue weighted by molar-refractivity contribution is 0.496. The first-order valence-electron chi connectivity index (χ1n) is 6.49. The van der Waals surface area contributed by atoms with E-state index in [0.717, 1.165) is 18.3 Å². The molecule has 1 aliphatic heterocycles. The van der Waals surface area contributed by atoms with Crippen molar-refractivity contribution in [3.63, 3.8) is 0 Å². The van der Waals surface area contributed by atoms with Crippen molar-refractivity contribution in [3.05, 3.63) is 24.4 Å². The normalized spacial score (nSPS) is 26.5. The van der Waals surface area contributed by atoms with Gasteiger partial charge in [-0.3, -0.25) is 0 Å². The van der Waals surface area contributed by atoms with Crippen LogP contribution in [-0.2, 0) is 0 Å². The second-order valence-electron chi connectivity index (χ2n) is 4.91. The van der Waals surface area contributed by atoms with Crippen molar-refractivity contribution in [2.24, 2.45) is 5.92 Å². The van der Waals surface area contributed by atoms with Crippen molar-refractivity contribution >= 4 is 5.82 Å². The van der Waals surface area contributed by atoms with Crippen molar-refractivity contribution in [1.29, 1.82) is 0 Å². The number of hydrogen-bond donors (Lipinski definition) is 0. The van der Waals surface area contributed by atoms with E-state index in [4.69, 9.17) is 0 Å². The molecule has 88 valence electrons. The smallest absolute Gasteiger partial charge is 0.128 e. The molecule has 0 radical (unpaired) electrons. The number of rotatable bonds is 2. The molecular weight excluding hydrogens is 196 g/mol. The SMILES string of the molecule is CCC1CCC(C)CCN1c1ccccn1. The van der Waals surface area contributed by atoms with Crippen LogP contribution in [0.3, 0.4) is 0 Å². The highest BCUT2D eigenvalue weighted by Crippen LogP contribution is 2.26. The van der Waals surface area contributed by atoms with Gasteiger partial charge in [-0.2, -0.15) is 0 Å². The van der Waals surface area contributed by atoms with Crippen molar-refractivity contribution in [2.75, 3.05) is 11.4 Å². The van der Waals surface area contributed by atoms with Gasteiger partial charge in [-0.05, 0) is 43.7 Å². The highest BCUT2D eigenvalue weighted by Gasteiger charge is 2.22. The van der Waals surface area contributed by atoms with Crippen LogP contribution in [0.4, 0.5) is 5.82 Å². The number of hydrogen-bond acceptors (Lipinski definition) is 2. The van der Waals surface area contributed by atoms with Crippen LogP contribution >= 0.6 is 0 Å². The van der Waals surface area contributed by atoms with Crippen LogP contribution in [0.25, 0.3) is 0 Å². The highest BCUT2D eigenvalue weighted by molar-refractivity contribution is 5.39. The molecule has 2 unspecified atom stereocenters. The molecule has 2 heterocycles. The molecule has 16 heavy (non-hydrogen) atoms. The van der Waals surface area contributed by atoms with Crippen LogP contribution in [0.1, 0.15) is 39.5 Å². The Morgan fingerprint density at radius 2 is 2.19 bits per heavy atom. The van der Waals surface area contributed by atoms with E-state index in [0.29, 0.717) is 6.04 Å². The zero-order chi connectivity index (χ0) is 11.4. The molecule has 0 aliphatic carbocycles. The molecule has 1 fully saturated rings. The monoisotopic (exact) mass is 218 g/mol. The predicted octanol–water partition coefficient (Wildman–Crippen LogP) is 3.49. The molecule has 1 aliphatic rings. The summed E-state index contributed by atoms with van der Waals surface area (Å²) in [6.45, 7) is 5.82. The van der Waals surface area contributed by atoms with E-state index < -0.39 is 0 Å². The molecule has 1 saturated heterocycles. The summed E-state index contributed by atoms with van der Waals surface area (Å²) in [4.78, 5) is 7.00. The van der Waals surface area contributed by atoms with Crippen molar-refractivity contribution in [2.45, 2.75) is 45.6 Å². The Kier molecular flexibility index (Phi) is 3.81. The molecule has 1 aromatic rings. The van der Waals surface area contributed by atoms with Crippen LogP contribution in [0.15, 0.2) is 24.4 Å². The summed E-state index contributed by atoms with van der Waals surface area (Å²) in [7, 11) is 0. The first-order valence-corrected chi connectivity index (χ1v) is 6.49. The van der Waals surface area contributed by atoms with E-state index in [9.17, 15) is 0 Å². The standard InChI is InChI=1S/C14H22N2/c1-3-13-8-7-12(2)9-11-16(13)14-6-4-5-10-15-14/h4-6,10,12-13H,3,7-9,11H2,1-2H3. The Bertz CT molecular complexity index is 310. The second-order valence-corrected chi connectivity index (χ2v) is 4.91. The van der Waals surface area contributed by atoms with Gasteiger partial charge in [-0.25, -0.2) is 4.98 Å². The fourth-order valence-corrected chi connectivity index (χ4v) is 2.57. The van der Waals surface area contributed by atoms with Gasteiger partial charge in [0.1, 0.15) is 5.82 Å². The van der Waals surface area contributed by atoms with Gasteiger partial charge < -0.3 is 4.90 Å². The lowest BCUT2D eigenvalue weighted by Crippen LogP contribution is -2.34. The first-order chi connectivity index (χ1) is 7.81. The predicted molar refractivity (Wildman–Crippen MR) is 68.7 cm³/mol. The van der Waals surface area contributed by atoms with Gasteiger partial charge in [0.15, 0.2) is 0 Å². The molecule has 0 amide bonds. The molecule has 2 atom stereocenters. The summed E-state index contributed by atoms with van der Waals surface area (Å²) >= 11 is 0.